The molecule has 0 bridgehead atoms. The zero-order chi connectivity index (χ0) is 15.2. The van der Waals surface area contributed by atoms with Gasteiger partial charge in [0, 0.05) is 24.2 Å². The van der Waals surface area contributed by atoms with Gasteiger partial charge in [0.2, 0.25) is 5.91 Å². The molecule has 2 N–H and O–H groups in total. The molecular formula is C17H17NO3. The fraction of sp³-hybridized carbons (Fsp3) is 0.118. The molecule has 0 aromatic heterocycles. The highest BCUT2D eigenvalue weighted by molar-refractivity contribution is 5.87. The van der Waals surface area contributed by atoms with Crippen LogP contribution in [0.2, 0.25) is 0 Å². The van der Waals surface area contributed by atoms with Crippen molar-refractivity contribution >= 4 is 5.91 Å². The minimum Gasteiger partial charge on any atom is -0.508 e. The van der Waals surface area contributed by atoms with E-state index in [1.807, 2.05) is 0 Å². The number of carbonyl (C=O) groups excluding carboxylic acids is 1. The summed E-state index contributed by atoms with van der Waals surface area (Å²) >= 11 is 0. The molecule has 0 heterocycles. The number of para-hydroxylation sites is 2. The highest BCUT2D eigenvalue weighted by Gasteiger charge is 2.15. The quantitative estimate of drug-likeness (QED) is 0.829. The maximum absolute atomic E-state index is 12.0. The van der Waals surface area contributed by atoms with Crippen molar-refractivity contribution in [3.63, 3.8) is 0 Å². The van der Waals surface area contributed by atoms with Crippen LogP contribution in [-0.4, -0.2) is 21.0 Å². The molecule has 0 radical (unpaired) electrons. The highest BCUT2D eigenvalue weighted by atomic mass is 16.3. The summed E-state index contributed by atoms with van der Waals surface area (Å²) in [5.41, 5.74) is 1.28. The number of carbonyl (C=O) groups is 1. The van der Waals surface area contributed by atoms with Gasteiger partial charge in [-0.15, -0.1) is 0 Å². The first-order valence-corrected chi connectivity index (χ1v) is 6.57. The van der Waals surface area contributed by atoms with E-state index in [4.69, 9.17) is 0 Å². The van der Waals surface area contributed by atoms with Gasteiger partial charge < -0.3 is 15.1 Å². The second-order valence-corrected chi connectivity index (χ2v) is 4.66. The SMILES string of the molecule is C=CC(=O)N(Cc1ccccc1O)Cc1ccccc1O. The number of phenols is 2. The largest absolute Gasteiger partial charge is 0.508 e. The van der Waals surface area contributed by atoms with E-state index in [1.54, 1.807) is 48.5 Å². The maximum Gasteiger partial charge on any atom is 0.246 e. The third-order valence-electron chi connectivity index (χ3n) is 3.19. The molecule has 1 amide bonds. The van der Waals surface area contributed by atoms with Gasteiger partial charge in [-0.1, -0.05) is 43.0 Å². The fourth-order valence-electron chi connectivity index (χ4n) is 2.04. The predicted molar refractivity (Wildman–Crippen MR) is 80.7 cm³/mol. The Hall–Kier alpha value is -2.75. The van der Waals surface area contributed by atoms with Crippen LogP contribution in [0.5, 0.6) is 11.5 Å². The second-order valence-electron chi connectivity index (χ2n) is 4.66. The molecule has 0 unspecified atom stereocenters. The lowest BCUT2D eigenvalue weighted by Gasteiger charge is -2.22. The number of amides is 1. The van der Waals surface area contributed by atoms with Gasteiger partial charge in [0.05, 0.1) is 0 Å². The molecule has 2 rings (SSSR count). The van der Waals surface area contributed by atoms with Crippen molar-refractivity contribution in [1.29, 1.82) is 0 Å². The predicted octanol–water partition coefficient (Wildman–Crippen LogP) is 2.81. The number of hydrogen-bond donors (Lipinski definition) is 2. The Morgan fingerprint density at radius 3 is 1.76 bits per heavy atom. The maximum atomic E-state index is 12.0. The molecule has 21 heavy (non-hydrogen) atoms. The molecule has 0 fully saturated rings. The van der Waals surface area contributed by atoms with Crippen LogP contribution in [0.25, 0.3) is 0 Å². The second kappa shape index (κ2) is 6.61. The summed E-state index contributed by atoms with van der Waals surface area (Å²) in [5, 5.41) is 19.6. The first-order valence-electron chi connectivity index (χ1n) is 6.57. The van der Waals surface area contributed by atoms with Crippen molar-refractivity contribution in [2.45, 2.75) is 13.1 Å². The molecule has 2 aromatic rings. The molecular weight excluding hydrogens is 266 g/mol. The number of rotatable bonds is 5. The van der Waals surface area contributed by atoms with Crippen molar-refractivity contribution in [1.82, 2.24) is 4.90 Å². The number of aromatic hydroxyl groups is 2. The standard InChI is InChI=1S/C17H17NO3/c1-2-17(21)18(11-13-7-3-5-9-15(13)19)12-14-8-4-6-10-16(14)20/h2-10,19-20H,1,11-12H2. The monoisotopic (exact) mass is 283 g/mol. The zero-order valence-electron chi connectivity index (χ0n) is 11.6. The molecule has 0 spiro atoms. The van der Waals surface area contributed by atoms with Crippen LogP contribution in [0.1, 0.15) is 11.1 Å². The Labute approximate surface area is 123 Å². The number of phenolic OH excluding ortho intramolecular Hbond substituents is 2. The molecule has 4 nitrogen and oxygen atoms in total. The Balaban J connectivity index is 2.24. The summed E-state index contributed by atoms with van der Waals surface area (Å²) in [6.07, 6.45) is 1.22. The topological polar surface area (TPSA) is 60.8 Å². The lowest BCUT2D eigenvalue weighted by atomic mass is 10.1. The molecule has 4 heteroatoms. The summed E-state index contributed by atoms with van der Waals surface area (Å²) in [4.78, 5) is 13.5. The van der Waals surface area contributed by atoms with Crippen molar-refractivity contribution in [3.8, 4) is 11.5 Å². The van der Waals surface area contributed by atoms with E-state index in [0.717, 1.165) is 0 Å². The Kier molecular flexibility index (Phi) is 4.61. The minimum absolute atomic E-state index is 0.136. The van der Waals surface area contributed by atoms with E-state index in [-0.39, 0.29) is 30.5 Å². The van der Waals surface area contributed by atoms with E-state index in [1.165, 1.54) is 11.0 Å². The number of hydrogen-bond acceptors (Lipinski definition) is 3. The van der Waals surface area contributed by atoms with Crippen molar-refractivity contribution in [2.75, 3.05) is 0 Å². The molecule has 108 valence electrons. The van der Waals surface area contributed by atoms with E-state index < -0.39 is 0 Å². The van der Waals surface area contributed by atoms with Gasteiger partial charge in [0.1, 0.15) is 11.5 Å². The van der Waals surface area contributed by atoms with Crippen LogP contribution < -0.4 is 0 Å². The third-order valence-corrected chi connectivity index (χ3v) is 3.19. The average molecular weight is 283 g/mol. The molecule has 2 aromatic carbocycles. The lowest BCUT2D eigenvalue weighted by molar-refractivity contribution is -0.127. The van der Waals surface area contributed by atoms with Gasteiger partial charge in [-0.2, -0.15) is 0 Å². The smallest absolute Gasteiger partial charge is 0.246 e. The van der Waals surface area contributed by atoms with E-state index in [2.05, 4.69) is 6.58 Å². The van der Waals surface area contributed by atoms with E-state index >= 15 is 0 Å². The highest BCUT2D eigenvalue weighted by Crippen LogP contribution is 2.22. The molecule has 0 aliphatic carbocycles. The summed E-state index contributed by atoms with van der Waals surface area (Å²) in [7, 11) is 0. The van der Waals surface area contributed by atoms with Gasteiger partial charge in [-0.05, 0) is 18.2 Å². The first kappa shape index (κ1) is 14.7. The van der Waals surface area contributed by atoms with Gasteiger partial charge in [0.15, 0.2) is 0 Å². The summed E-state index contributed by atoms with van der Waals surface area (Å²) in [5.74, 6) is 0.00907. The van der Waals surface area contributed by atoms with Crippen molar-refractivity contribution < 1.29 is 15.0 Å². The van der Waals surface area contributed by atoms with E-state index in [9.17, 15) is 15.0 Å². The molecule has 0 aliphatic heterocycles. The van der Waals surface area contributed by atoms with Crippen LogP contribution in [0.4, 0.5) is 0 Å². The fourth-order valence-corrected chi connectivity index (χ4v) is 2.04. The minimum atomic E-state index is -0.262. The van der Waals surface area contributed by atoms with Crippen LogP contribution in [0.15, 0.2) is 61.2 Å². The summed E-state index contributed by atoms with van der Waals surface area (Å²) in [6, 6.07) is 13.7. The average Bonchev–Trinajstić information content (AvgIpc) is 2.50. The first-order chi connectivity index (χ1) is 10.1. The third kappa shape index (κ3) is 3.63. The lowest BCUT2D eigenvalue weighted by Crippen LogP contribution is -2.28. The van der Waals surface area contributed by atoms with Gasteiger partial charge in [-0.25, -0.2) is 0 Å². The Morgan fingerprint density at radius 2 is 1.38 bits per heavy atom. The van der Waals surface area contributed by atoms with Crippen LogP contribution in [-0.2, 0) is 17.9 Å². The van der Waals surface area contributed by atoms with Crippen LogP contribution in [0, 0.1) is 0 Å². The Bertz CT molecular complexity index is 604. The van der Waals surface area contributed by atoms with Crippen molar-refractivity contribution in [3.05, 3.63) is 72.3 Å². The van der Waals surface area contributed by atoms with E-state index in [0.29, 0.717) is 11.1 Å². The number of nitrogens with zero attached hydrogens (tertiary/aromatic N) is 1. The molecule has 0 saturated carbocycles. The van der Waals surface area contributed by atoms with Gasteiger partial charge >= 0.3 is 0 Å². The van der Waals surface area contributed by atoms with Crippen LogP contribution >= 0.6 is 0 Å². The summed E-state index contributed by atoms with van der Waals surface area (Å²) in [6.45, 7) is 3.98. The normalized spacial score (nSPS) is 10.1. The van der Waals surface area contributed by atoms with Gasteiger partial charge in [-0.3, -0.25) is 4.79 Å². The number of benzene rings is 2. The summed E-state index contributed by atoms with van der Waals surface area (Å²) < 4.78 is 0. The van der Waals surface area contributed by atoms with Gasteiger partial charge in [0.25, 0.3) is 0 Å². The molecule has 0 atom stereocenters. The molecule has 0 aliphatic rings. The van der Waals surface area contributed by atoms with Crippen molar-refractivity contribution in [2.24, 2.45) is 0 Å². The zero-order valence-corrected chi connectivity index (χ0v) is 11.6. The van der Waals surface area contributed by atoms with Crippen LogP contribution in [0.3, 0.4) is 0 Å². The Morgan fingerprint density at radius 1 is 0.952 bits per heavy atom. The molecule has 0 saturated heterocycles.